The summed E-state index contributed by atoms with van der Waals surface area (Å²) in [5.74, 6) is -1.09. The Morgan fingerprint density at radius 1 is 1.22 bits per heavy atom. The smallest absolute Gasteiger partial charge is 0.258 e. The van der Waals surface area contributed by atoms with E-state index in [9.17, 15) is 22.9 Å². The van der Waals surface area contributed by atoms with E-state index in [4.69, 9.17) is 11.6 Å². The predicted octanol–water partition coefficient (Wildman–Crippen LogP) is 2.91. The minimum Gasteiger partial charge on any atom is -0.258 e. The minimum absolute atomic E-state index is 0.0772. The van der Waals surface area contributed by atoms with Gasteiger partial charge in [0.05, 0.1) is 9.82 Å². The summed E-state index contributed by atoms with van der Waals surface area (Å²) in [4.78, 5) is 9.33. The maximum absolute atomic E-state index is 13.3. The molecule has 0 aliphatic rings. The van der Waals surface area contributed by atoms with Crippen LogP contribution < -0.4 is 4.72 Å². The van der Waals surface area contributed by atoms with Gasteiger partial charge < -0.3 is 0 Å². The third-order valence-electron chi connectivity index (χ3n) is 3.02. The zero-order chi connectivity index (χ0) is 17.0. The third kappa shape index (κ3) is 4.47. The summed E-state index contributed by atoms with van der Waals surface area (Å²) in [6, 6.07) is 9.37. The molecule has 0 bridgehead atoms. The van der Waals surface area contributed by atoms with Crippen LogP contribution in [-0.2, 0) is 16.4 Å². The lowest BCUT2D eigenvalue weighted by Crippen LogP contribution is -2.26. The molecule has 0 aliphatic heterocycles. The van der Waals surface area contributed by atoms with Crippen LogP contribution in [0.4, 0.5) is 10.1 Å². The highest BCUT2D eigenvalue weighted by Crippen LogP contribution is 2.21. The van der Waals surface area contributed by atoms with E-state index < -0.39 is 26.5 Å². The first-order chi connectivity index (χ1) is 10.8. The molecule has 0 amide bonds. The van der Waals surface area contributed by atoms with E-state index >= 15 is 0 Å². The van der Waals surface area contributed by atoms with E-state index in [2.05, 4.69) is 4.72 Å². The lowest BCUT2D eigenvalue weighted by atomic mass is 10.2. The molecule has 0 unspecified atom stereocenters. The number of nitro groups is 1. The Morgan fingerprint density at radius 3 is 2.61 bits per heavy atom. The Labute approximate surface area is 137 Å². The molecule has 6 nitrogen and oxygen atoms in total. The first-order valence-electron chi connectivity index (χ1n) is 6.47. The molecular weight excluding hydrogens is 347 g/mol. The van der Waals surface area contributed by atoms with E-state index in [1.54, 1.807) is 24.3 Å². The van der Waals surface area contributed by atoms with E-state index in [1.165, 1.54) is 0 Å². The fourth-order valence-electron chi connectivity index (χ4n) is 1.91. The number of rotatable bonds is 6. The molecule has 1 N–H and O–H groups in total. The lowest BCUT2D eigenvalue weighted by Gasteiger charge is -2.07. The van der Waals surface area contributed by atoms with Crippen LogP contribution in [0.2, 0.25) is 5.02 Å². The average Bonchev–Trinajstić information content (AvgIpc) is 2.47. The standard InChI is InChI=1S/C14H12ClFN2O4S/c15-11-3-1-2-10(8-11)6-7-17-23(21,22)12-4-5-13(16)14(9-12)18(19)20/h1-5,8-9,17H,6-7H2. The highest BCUT2D eigenvalue weighted by Gasteiger charge is 2.21. The van der Waals surface area contributed by atoms with Gasteiger partial charge in [-0.15, -0.1) is 0 Å². The minimum atomic E-state index is -3.97. The van der Waals surface area contributed by atoms with Gasteiger partial charge in [0, 0.05) is 17.6 Å². The quantitative estimate of drug-likeness (QED) is 0.635. The molecule has 0 spiro atoms. The molecule has 0 heterocycles. The van der Waals surface area contributed by atoms with E-state index in [-0.39, 0.29) is 11.4 Å². The Hall–Kier alpha value is -2.03. The molecule has 0 radical (unpaired) electrons. The number of benzene rings is 2. The number of hydrogen-bond acceptors (Lipinski definition) is 4. The highest BCUT2D eigenvalue weighted by atomic mass is 35.5. The summed E-state index contributed by atoms with van der Waals surface area (Å²) in [6.45, 7) is 0.0772. The SMILES string of the molecule is O=[N+]([O-])c1cc(S(=O)(=O)NCCc2cccc(Cl)c2)ccc1F. The van der Waals surface area contributed by atoms with Crippen LogP contribution in [-0.4, -0.2) is 19.9 Å². The molecular formula is C14H12ClFN2O4S. The fourth-order valence-corrected chi connectivity index (χ4v) is 3.17. The maximum Gasteiger partial charge on any atom is 0.306 e. The second-order valence-electron chi connectivity index (χ2n) is 4.65. The van der Waals surface area contributed by atoms with E-state index in [0.29, 0.717) is 17.5 Å². The van der Waals surface area contributed by atoms with Crippen molar-refractivity contribution < 1.29 is 17.7 Å². The Bertz CT molecular complexity index is 842. The topological polar surface area (TPSA) is 89.3 Å². The normalized spacial score (nSPS) is 11.4. The fraction of sp³-hybridized carbons (Fsp3) is 0.143. The van der Waals surface area contributed by atoms with Crippen LogP contribution in [0.25, 0.3) is 0 Å². The van der Waals surface area contributed by atoms with Crippen LogP contribution in [0.5, 0.6) is 0 Å². The van der Waals surface area contributed by atoms with E-state index in [0.717, 1.165) is 17.7 Å². The van der Waals surface area contributed by atoms with Crippen molar-refractivity contribution in [3.05, 3.63) is 69.0 Å². The number of hydrogen-bond donors (Lipinski definition) is 1. The molecule has 0 aromatic heterocycles. The molecule has 23 heavy (non-hydrogen) atoms. The maximum atomic E-state index is 13.3. The summed E-state index contributed by atoms with van der Waals surface area (Å²) >= 11 is 5.83. The summed E-state index contributed by atoms with van der Waals surface area (Å²) in [7, 11) is -3.97. The molecule has 9 heteroatoms. The summed E-state index contributed by atoms with van der Waals surface area (Å²) in [5.41, 5.74) is -0.0481. The molecule has 2 rings (SSSR count). The highest BCUT2D eigenvalue weighted by molar-refractivity contribution is 7.89. The van der Waals surface area contributed by atoms with Crippen LogP contribution in [0.3, 0.4) is 0 Å². The van der Waals surface area contributed by atoms with Gasteiger partial charge in [-0.2, -0.15) is 4.39 Å². The largest absolute Gasteiger partial charge is 0.306 e. The number of nitrogens with zero attached hydrogens (tertiary/aromatic N) is 1. The summed E-state index contributed by atoms with van der Waals surface area (Å²) in [5, 5.41) is 11.2. The molecule has 0 saturated carbocycles. The number of nitrogens with one attached hydrogen (secondary N) is 1. The Balaban J connectivity index is 2.10. The summed E-state index contributed by atoms with van der Waals surface area (Å²) in [6.07, 6.45) is 0.392. The van der Waals surface area contributed by atoms with Crippen molar-refractivity contribution in [2.24, 2.45) is 0 Å². The molecule has 0 aliphatic carbocycles. The monoisotopic (exact) mass is 358 g/mol. The van der Waals surface area contributed by atoms with Gasteiger partial charge in [0.25, 0.3) is 0 Å². The van der Waals surface area contributed by atoms with Crippen molar-refractivity contribution in [1.82, 2.24) is 4.72 Å². The van der Waals surface area contributed by atoms with Gasteiger partial charge in [-0.25, -0.2) is 13.1 Å². The molecule has 2 aromatic rings. The van der Waals surface area contributed by atoms with Gasteiger partial charge in [-0.3, -0.25) is 10.1 Å². The van der Waals surface area contributed by atoms with Crippen molar-refractivity contribution in [2.75, 3.05) is 6.54 Å². The lowest BCUT2D eigenvalue weighted by molar-refractivity contribution is -0.387. The van der Waals surface area contributed by atoms with Crippen molar-refractivity contribution >= 4 is 27.3 Å². The van der Waals surface area contributed by atoms with Crippen molar-refractivity contribution in [1.29, 1.82) is 0 Å². The number of sulfonamides is 1. The molecule has 122 valence electrons. The molecule has 2 aromatic carbocycles. The summed E-state index contributed by atoms with van der Waals surface area (Å²) < 4.78 is 39.7. The first-order valence-corrected chi connectivity index (χ1v) is 8.34. The van der Waals surface area contributed by atoms with Crippen LogP contribution in [0.15, 0.2) is 47.4 Å². The van der Waals surface area contributed by atoms with Gasteiger partial charge in [0.1, 0.15) is 0 Å². The zero-order valence-corrected chi connectivity index (χ0v) is 13.3. The average molecular weight is 359 g/mol. The van der Waals surface area contributed by atoms with Gasteiger partial charge in [0.2, 0.25) is 15.8 Å². The van der Waals surface area contributed by atoms with Gasteiger partial charge in [-0.05, 0) is 36.2 Å². The predicted molar refractivity (Wildman–Crippen MR) is 83.4 cm³/mol. The van der Waals surface area contributed by atoms with Gasteiger partial charge in [-0.1, -0.05) is 23.7 Å². The second-order valence-corrected chi connectivity index (χ2v) is 6.85. The van der Waals surface area contributed by atoms with Gasteiger partial charge >= 0.3 is 5.69 Å². The van der Waals surface area contributed by atoms with Gasteiger partial charge in [0.15, 0.2) is 0 Å². The van der Waals surface area contributed by atoms with Crippen molar-refractivity contribution in [3.8, 4) is 0 Å². The first kappa shape index (κ1) is 17.3. The van der Waals surface area contributed by atoms with Crippen molar-refractivity contribution in [2.45, 2.75) is 11.3 Å². The molecule has 0 atom stereocenters. The van der Waals surface area contributed by atoms with Crippen LogP contribution in [0.1, 0.15) is 5.56 Å². The number of halogens is 2. The Morgan fingerprint density at radius 2 is 1.96 bits per heavy atom. The molecule has 0 saturated heterocycles. The van der Waals surface area contributed by atoms with Crippen LogP contribution in [0, 0.1) is 15.9 Å². The van der Waals surface area contributed by atoms with Crippen molar-refractivity contribution in [3.63, 3.8) is 0 Å². The van der Waals surface area contributed by atoms with Crippen LogP contribution >= 0.6 is 11.6 Å². The van der Waals surface area contributed by atoms with E-state index in [1.807, 2.05) is 0 Å². The number of nitro benzene ring substituents is 1. The second kappa shape index (κ2) is 7.03. The third-order valence-corrected chi connectivity index (χ3v) is 4.71. The Kier molecular flexibility index (Phi) is 5.30. The molecule has 0 fully saturated rings. The zero-order valence-electron chi connectivity index (χ0n) is 11.7.